The molecule has 86 valence electrons. The Morgan fingerprint density at radius 2 is 1.08 bits per heavy atom. The van der Waals surface area contributed by atoms with E-state index in [9.17, 15) is 0 Å². The summed E-state index contributed by atoms with van der Waals surface area (Å²) in [5.41, 5.74) is 0. The first-order chi connectivity index (χ1) is 5.57. The summed E-state index contributed by atoms with van der Waals surface area (Å²) >= 11 is 13.1. The molecule has 5 heteroatoms. The van der Waals surface area contributed by atoms with Gasteiger partial charge < -0.3 is 0 Å². The van der Waals surface area contributed by atoms with E-state index in [4.69, 9.17) is 11.2 Å². The second kappa shape index (κ2) is 7.59. The average molecular weight is 447 g/mol. The topological polar surface area (TPSA) is 0 Å². The van der Waals surface area contributed by atoms with E-state index < -0.39 is 7.27 Å². The fourth-order valence-corrected chi connectivity index (χ4v) is 3.02. The third-order valence-corrected chi connectivity index (χ3v) is 6.58. The first-order valence-corrected chi connectivity index (χ1v) is 13.2. The molecule has 0 aliphatic carbocycles. The monoisotopic (exact) mass is 444 g/mol. The summed E-state index contributed by atoms with van der Waals surface area (Å²) in [4.78, 5) is 0. The summed E-state index contributed by atoms with van der Waals surface area (Å²) in [6, 6.07) is 0. The van der Waals surface area contributed by atoms with Crippen molar-refractivity contribution in [2.45, 2.75) is 51.9 Å². The summed E-state index contributed by atoms with van der Waals surface area (Å²) in [6.45, 7) is 13.2. The van der Waals surface area contributed by atoms with Gasteiger partial charge in [-0.2, -0.15) is 0 Å². The molecule has 0 bridgehead atoms. The van der Waals surface area contributed by atoms with Gasteiger partial charge in [0.2, 0.25) is 0 Å². The summed E-state index contributed by atoms with van der Waals surface area (Å²) in [5.74, 6) is 0. The molecule has 0 atom stereocenters. The van der Waals surface area contributed by atoms with Crippen LogP contribution in [0.2, 0.25) is 0 Å². The molecule has 0 rings (SSSR count). The molecule has 13 heavy (non-hydrogen) atoms. The first-order valence-electron chi connectivity index (χ1n) is 3.86. The fourth-order valence-electron chi connectivity index (χ4n) is 1.01. The molecule has 0 spiro atoms. The Hall–Kier alpha value is 2.34. The Labute approximate surface area is 110 Å². The molecule has 0 nitrogen and oxygen atoms in total. The van der Waals surface area contributed by atoms with Crippen molar-refractivity contribution < 1.29 is 13.9 Å². The first kappa shape index (κ1) is 17.7. The molecular formula is C8H18Br2ClPPd. The Bertz CT molecular complexity index is 117. The number of rotatable bonds is 0. The van der Waals surface area contributed by atoms with Crippen molar-refractivity contribution in [1.82, 2.24) is 0 Å². The van der Waals surface area contributed by atoms with E-state index >= 15 is 0 Å². The minimum atomic E-state index is -0.390. The van der Waals surface area contributed by atoms with Gasteiger partial charge in [0, 0.05) is 7.27 Å². The molecule has 0 N–H and O–H groups in total. The van der Waals surface area contributed by atoms with Crippen molar-refractivity contribution in [3.63, 3.8) is 0 Å². The van der Waals surface area contributed by atoms with Gasteiger partial charge in [-0.1, -0.05) is 52.8 Å². The Balaban J connectivity index is 0. The predicted molar refractivity (Wildman–Crippen MR) is 70.1 cm³/mol. The molecule has 0 aromatic carbocycles. The fraction of sp³-hybridized carbons (Fsp3) is 1.00. The van der Waals surface area contributed by atoms with Crippen LogP contribution in [0.15, 0.2) is 0 Å². The molecule has 0 radical (unpaired) electrons. The van der Waals surface area contributed by atoms with E-state index in [0.29, 0.717) is 13.9 Å². The van der Waals surface area contributed by atoms with Gasteiger partial charge in [0.05, 0.1) is 0 Å². The summed E-state index contributed by atoms with van der Waals surface area (Å²) in [6.07, 6.45) is 0. The van der Waals surface area contributed by atoms with Crippen molar-refractivity contribution >= 4 is 45.4 Å². The molecule has 0 aromatic heterocycles. The summed E-state index contributed by atoms with van der Waals surface area (Å²) in [7, 11) is -0.390. The predicted octanol–water partition coefficient (Wildman–Crippen LogP) is 5.91. The molecule has 0 unspecified atom stereocenters. The van der Waals surface area contributed by atoms with E-state index in [1.54, 1.807) is 0 Å². The van der Waals surface area contributed by atoms with E-state index in [2.05, 4.69) is 68.4 Å². The molecule has 0 aliphatic rings. The van der Waals surface area contributed by atoms with Crippen LogP contribution in [0.4, 0.5) is 0 Å². The van der Waals surface area contributed by atoms with Crippen LogP contribution in [0.1, 0.15) is 41.5 Å². The Kier molecular flexibility index (Phi) is 10.3. The molecule has 0 amide bonds. The zero-order valence-electron chi connectivity index (χ0n) is 8.90. The van der Waals surface area contributed by atoms with Gasteiger partial charge in [0.1, 0.15) is 0 Å². The van der Waals surface area contributed by atoms with Crippen LogP contribution in [0.3, 0.4) is 0 Å². The van der Waals surface area contributed by atoms with Crippen molar-refractivity contribution in [2.24, 2.45) is 0 Å². The summed E-state index contributed by atoms with van der Waals surface area (Å²) in [5, 5.41) is 0.546. The van der Waals surface area contributed by atoms with Crippen LogP contribution in [-0.2, 0) is 13.9 Å². The molecule has 0 saturated carbocycles. The number of hydrogen-bond donors (Lipinski definition) is 0. The third kappa shape index (κ3) is 10.6. The van der Waals surface area contributed by atoms with Crippen molar-refractivity contribution in [3.05, 3.63) is 0 Å². The van der Waals surface area contributed by atoms with Crippen molar-refractivity contribution in [1.29, 1.82) is 0 Å². The molecule has 0 saturated heterocycles. The van der Waals surface area contributed by atoms with Crippen LogP contribution in [0.25, 0.3) is 0 Å². The molecule has 0 fully saturated rings. The second-order valence-electron chi connectivity index (χ2n) is 4.67. The van der Waals surface area contributed by atoms with Gasteiger partial charge >= 0.3 is 40.8 Å². The number of halogens is 3. The van der Waals surface area contributed by atoms with Gasteiger partial charge in [-0.05, 0) is 10.3 Å². The third-order valence-electron chi connectivity index (χ3n) is 1.18. The van der Waals surface area contributed by atoms with E-state index in [-0.39, 0.29) is 10.3 Å². The average Bonchev–Trinajstić information content (AvgIpc) is 1.84. The van der Waals surface area contributed by atoms with Crippen molar-refractivity contribution in [3.8, 4) is 0 Å². The normalized spacial score (nSPS) is 12.8. The van der Waals surface area contributed by atoms with Gasteiger partial charge in [-0.25, -0.2) is 0 Å². The van der Waals surface area contributed by atoms with Crippen molar-refractivity contribution in [2.75, 3.05) is 0 Å². The van der Waals surface area contributed by atoms with Gasteiger partial charge in [0.15, 0.2) is 0 Å². The molecular weight excluding hydrogens is 429 g/mol. The van der Waals surface area contributed by atoms with Crippen LogP contribution in [0.5, 0.6) is 0 Å². The summed E-state index contributed by atoms with van der Waals surface area (Å²) < 4.78 is 0. The SMILES string of the molecule is CC(C)(C)P(Cl)C(C)(C)C.[Br][Pd][Br]. The van der Waals surface area contributed by atoms with Gasteiger partial charge in [-0.3, -0.25) is 0 Å². The Morgan fingerprint density at radius 3 is 1.08 bits per heavy atom. The van der Waals surface area contributed by atoms with Crippen LogP contribution in [0, 0.1) is 0 Å². The Morgan fingerprint density at radius 1 is 0.923 bits per heavy atom. The maximum atomic E-state index is 6.30. The number of hydrogen-bond acceptors (Lipinski definition) is 0. The maximum absolute atomic E-state index is 6.30. The van der Waals surface area contributed by atoms with E-state index in [1.165, 1.54) is 0 Å². The zero-order chi connectivity index (χ0) is 11.3. The molecule has 0 heterocycles. The zero-order valence-corrected chi connectivity index (χ0v) is 15.3. The van der Waals surface area contributed by atoms with E-state index in [1.807, 2.05) is 0 Å². The standard InChI is InChI=1S/C8H18ClP.2BrH.Pd/c1-7(2,3)10(9)8(4,5)6;;;/h1-6H3;2*1H;/q;;;+2/p-2. The van der Waals surface area contributed by atoms with E-state index in [0.717, 1.165) is 0 Å². The van der Waals surface area contributed by atoms with Gasteiger partial charge in [-0.15, -0.1) is 0 Å². The second-order valence-corrected chi connectivity index (χ2v) is 16.1. The quantitative estimate of drug-likeness (QED) is 0.320. The van der Waals surface area contributed by atoms with Gasteiger partial charge in [0.25, 0.3) is 0 Å². The molecule has 0 aliphatic heterocycles. The molecule has 0 aromatic rings. The van der Waals surface area contributed by atoms with Crippen LogP contribution >= 0.6 is 45.4 Å². The minimum absolute atomic E-state index is 0.273. The van der Waals surface area contributed by atoms with Crippen LogP contribution in [-0.4, -0.2) is 10.3 Å². The van der Waals surface area contributed by atoms with Crippen LogP contribution < -0.4 is 0 Å².